The normalized spacial score (nSPS) is 12.2. The van der Waals surface area contributed by atoms with Crippen LogP contribution in [0.5, 0.6) is 11.5 Å². The lowest BCUT2D eigenvalue weighted by molar-refractivity contribution is 0.276. The van der Waals surface area contributed by atoms with Crippen molar-refractivity contribution in [3.8, 4) is 11.5 Å². The van der Waals surface area contributed by atoms with Gasteiger partial charge in [-0.3, -0.25) is 0 Å². The minimum absolute atomic E-state index is 0.138. The highest BCUT2D eigenvalue weighted by atomic mass is 35.5. The third-order valence-electron chi connectivity index (χ3n) is 3.52. The molecule has 0 amide bonds. The summed E-state index contributed by atoms with van der Waals surface area (Å²) in [6.07, 6.45) is 1.04. The number of halogens is 1. The molecule has 0 heterocycles. The second-order valence-corrected chi connectivity index (χ2v) is 5.23. The van der Waals surface area contributed by atoms with Crippen LogP contribution in [0, 0.1) is 0 Å². The molecule has 1 atom stereocenters. The fourth-order valence-electron chi connectivity index (χ4n) is 2.11. The fraction of sp³-hybridized carbons (Fsp3) is 0.294. The molecule has 2 rings (SSSR count). The van der Waals surface area contributed by atoms with Crippen LogP contribution in [-0.2, 0) is 6.61 Å². The zero-order chi connectivity index (χ0) is 14.5. The second kappa shape index (κ2) is 6.78. The van der Waals surface area contributed by atoms with Gasteiger partial charge in [0.05, 0.1) is 6.61 Å². The number of rotatable bonds is 5. The summed E-state index contributed by atoms with van der Waals surface area (Å²) >= 11 is 6.09. The molecule has 2 aromatic carbocycles. The molecule has 0 aliphatic heterocycles. The van der Waals surface area contributed by atoms with Crippen LogP contribution in [0.25, 0.3) is 0 Å². The fourth-order valence-corrected chi connectivity index (χ4v) is 2.33. The lowest BCUT2D eigenvalue weighted by Gasteiger charge is -2.17. The minimum Gasteiger partial charge on any atom is -0.457 e. The van der Waals surface area contributed by atoms with E-state index in [0.717, 1.165) is 12.2 Å². The summed E-state index contributed by atoms with van der Waals surface area (Å²) in [5.41, 5.74) is 1.78. The Kier molecular flexibility index (Phi) is 5.05. The van der Waals surface area contributed by atoms with Gasteiger partial charge in [-0.25, -0.2) is 0 Å². The van der Waals surface area contributed by atoms with E-state index in [2.05, 4.69) is 19.9 Å². The first-order valence-corrected chi connectivity index (χ1v) is 7.20. The molecular weight excluding hydrogens is 272 g/mol. The number of para-hydroxylation sites is 1. The van der Waals surface area contributed by atoms with Crippen molar-refractivity contribution in [3.63, 3.8) is 0 Å². The molecule has 20 heavy (non-hydrogen) atoms. The van der Waals surface area contributed by atoms with Gasteiger partial charge in [0.15, 0.2) is 0 Å². The number of benzene rings is 2. The van der Waals surface area contributed by atoms with Crippen molar-refractivity contribution in [1.82, 2.24) is 0 Å². The summed E-state index contributed by atoms with van der Waals surface area (Å²) in [4.78, 5) is 0. The van der Waals surface area contributed by atoms with Gasteiger partial charge in [0.1, 0.15) is 11.5 Å². The van der Waals surface area contributed by atoms with Crippen LogP contribution in [0.2, 0.25) is 5.02 Å². The summed E-state index contributed by atoms with van der Waals surface area (Å²) in [6, 6.07) is 13.4. The van der Waals surface area contributed by atoms with Crippen molar-refractivity contribution in [2.24, 2.45) is 0 Å². The molecule has 0 radical (unpaired) electrons. The Labute approximate surface area is 125 Å². The molecule has 0 spiro atoms. The Bertz CT molecular complexity index is 581. The molecule has 1 unspecified atom stereocenters. The largest absolute Gasteiger partial charge is 0.457 e. The first-order valence-electron chi connectivity index (χ1n) is 6.82. The van der Waals surface area contributed by atoms with Crippen molar-refractivity contribution < 1.29 is 9.84 Å². The SMILES string of the molecule is CCC(C)c1ccccc1Oc1cccc(Cl)c1CO. The molecule has 0 fully saturated rings. The van der Waals surface area contributed by atoms with Gasteiger partial charge in [-0.2, -0.15) is 0 Å². The van der Waals surface area contributed by atoms with E-state index in [1.165, 1.54) is 5.56 Å². The third-order valence-corrected chi connectivity index (χ3v) is 3.87. The first kappa shape index (κ1) is 14.9. The van der Waals surface area contributed by atoms with Crippen LogP contribution in [-0.4, -0.2) is 5.11 Å². The van der Waals surface area contributed by atoms with Crippen LogP contribution in [0.4, 0.5) is 0 Å². The van der Waals surface area contributed by atoms with Crippen molar-refractivity contribution >= 4 is 11.6 Å². The Morgan fingerprint density at radius 3 is 2.50 bits per heavy atom. The molecule has 0 bridgehead atoms. The van der Waals surface area contributed by atoms with E-state index < -0.39 is 0 Å². The Morgan fingerprint density at radius 1 is 1.10 bits per heavy atom. The summed E-state index contributed by atoms with van der Waals surface area (Å²) < 4.78 is 5.99. The lowest BCUT2D eigenvalue weighted by atomic mass is 9.98. The summed E-state index contributed by atoms with van der Waals surface area (Å²) in [5.74, 6) is 1.84. The van der Waals surface area contributed by atoms with Crippen molar-refractivity contribution in [2.75, 3.05) is 0 Å². The van der Waals surface area contributed by atoms with Gasteiger partial charge in [-0.1, -0.05) is 49.7 Å². The Balaban J connectivity index is 2.38. The van der Waals surface area contributed by atoms with Crippen LogP contribution < -0.4 is 4.74 Å². The summed E-state index contributed by atoms with van der Waals surface area (Å²) in [7, 11) is 0. The van der Waals surface area contributed by atoms with Crippen LogP contribution in [0.3, 0.4) is 0 Å². The van der Waals surface area contributed by atoms with E-state index in [0.29, 0.717) is 22.3 Å². The number of hydrogen-bond acceptors (Lipinski definition) is 2. The van der Waals surface area contributed by atoms with E-state index in [4.69, 9.17) is 16.3 Å². The molecule has 2 aromatic rings. The van der Waals surface area contributed by atoms with Crippen molar-refractivity contribution in [2.45, 2.75) is 32.8 Å². The maximum absolute atomic E-state index is 9.44. The Hall–Kier alpha value is -1.51. The van der Waals surface area contributed by atoms with Gasteiger partial charge in [0.2, 0.25) is 0 Å². The average Bonchev–Trinajstić information content (AvgIpc) is 2.47. The topological polar surface area (TPSA) is 29.5 Å². The third kappa shape index (κ3) is 3.14. The predicted molar refractivity (Wildman–Crippen MR) is 82.6 cm³/mol. The maximum Gasteiger partial charge on any atom is 0.134 e. The second-order valence-electron chi connectivity index (χ2n) is 4.82. The monoisotopic (exact) mass is 290 g/mol. The van der Waals surface area contributed by atoms with E-state index >= 15 is 0 Å². The Morgan fingerprint density at radius 2 is 1.80 bits per heavy atom. The standard InChI is InChI=1S/C17H19ClO2/c1-3-12(2)13-7-4-5-9-16(13)20-17-10-6-8-15(18)14(17)11-19/h4-10,12,19H,3,11H2,1-2H3. The summed E-state index contributed by atoms with van der Waals surface area (Å²) in [5, 5.41) is 9.96. The molecule has 3 heteroatoms. The van der Waals surface area contributed by atoms with Gasteiger partial charge >= 0.3 is 0 Å². The smallest absolute Gasteiger partial charge is 0.134 e. The van der Waals surface area contributed by atoms with Crippen LogP contribution in [0.15, 0.2) is 42.5 Å². The van der Waals surface area contributed by atoms with Crippen LogP contribution in [0.1, 0.15) is 37.3 Å². The highest BCUT2D eigenvalue weighted by Gasteiger charge is 2.13. The number of ether oxygens (including phenoxy) is 1. The zero-order valence-electron chi connectivity index (χ0n) is 11.8. The molecule has 1 N–H and O–H groups in total. The molecule has 0 aliphatic carbocycles. The van der Waals surface area contributed by atoms with Crippen molar-refractivity contribution in [3.05, 3.63) is 58.6 Å². The summed E-state index contributed by atoms with van der Waals surface area (Å²) in [6.45, 7) is 4.19. The molecule has 0 aromatic heterocycles. The number of aliphatic hydroxyl groups excluding tert-OH is 1. The van der Waals surface area contributed by atoms with E-state index in [9.17, 15) is 5.11 Å². The molecule has 106 valence electrons. The quantitative estimate of drug-likeness (QED) is 0.826. The highest BCUT2D eigenvalue weighted by molar-refractivity contribution is 6.31. The van der Waals surface area contributed by atoms with Crippen molar-refractivity contribution in [1.29, 1.82) is 0 Å². The highest BCUT2D eigenvalue weighted by Crippen LogP contribution is 2.35. The van der Waals surface area contributed by atoms with Gasteiger partial charge in [-0.05, 0) is 36.1 Å². The lowest BCUT2D eigenvalue weighted by Crippen LogP contribution is -1.98. The molecule has 0 aliphatic rings. The first-order chi connectivity index (χ1) is 9.67. The van der Waals surface area contributed by atoms with E-state index in [-0.39, 0.29) is 6.61 Å². The predicted octanol–water partition coefficient (Wildman–Crippen LogP) is 5.14. The average molecular weight is 291 g/mol. The number of hydrogen-bond donors (Lipinski definition) is 1. The molecule has 2 nitrogen and oxygen atoms in total. The number of aliphatic hydroxyl groups is 1. The minimum atomic E-state index is -0.138. The van der Waals surface area contributed by atoms with Gasteiger partial charge in [-0.15, -0.1) is 0 Å². The molecular formula is C17H19ClO2. The van der Waals surface area contributed by atoms with Gasteiger partial charge < -0.3 is 9.84 Å². The van der Waals surface area contributed by atoms with Gasteiger partial charge in [0.25, 0.3) is 0 Å². The van der Waals surface area contributed by atoms with E-state index in [1.54, 1.807) is 6.07 Å². The van der Waals surface area contributed by atoms with Crippen LogP contribution >= 0.6 is 11.6 Å². The maximum atomic E-state index is 9.44. The molecule has 0 saturated heterocycles. The van der Waals surface area contributed by atoms with Gasteiger partial charge in [0, 0.05) is 10.6 Å². The zero-order valence-corrected chi connectivity index (χ0v) is 12.5. The molecule has 0 saturated carbocycles. The van der Waals surface area contributed by atoms with E-state index in [1.807, 2.05) is 30.3 Å².